The molecule has 21 heavy (non-hydrogen) atoms. The predicted molar refractivity (Wildman–Crippen MR) is 95.0 cm³/mol. The molecule has 1 aromatic heterocycles. The number of thiophene rings is 1. The van der Waals surface area contributed by atoms with Crippen molar-refractivity contribution in [2.24, 2.45) is 0 Å². The summed E-state index contributed by atoms with van der Waals surface area (Å²) in [6.07, 6.45) is 4.91. The van der Waals surface area contributed by atoms with Gasteiger partial charge in [0.1, 0.15) is 0 Å². The average Bonchev–Trinajstić information content (AvgIpc) is 2.87. The summed E-state index contributed by atoms with van der Waals surface area (Å²) in [5, 5.41) is 3.90. The highest BCUT2D eigenvalue weighted by Gasteiger charge is 2.24. The molecular weight excluding hydrogens is 342 g/mol. The number of benzene rings is 1. The van der Waals surface area contributed by atoms with Crippen molar-refractivity contribution in [3.8, 4) is 0 Å². The molecular formula is C18H22BrNS. The van der Waals surface area contributed by atoms with Crippen molar-refractivity contribution < 1.29 is 0 Å². The number of fused-ring (bicyclic) bond motifs is 1. The van der Waals surface area contributed by atoms with Crippen molar-refractivity contribution in [1.82, 2.24) is 5.32 Å². The van der Waals surface area contributed by atoms with E-state index in [1.54, 1.807) is 4.88 Å². The summed E-state index contributed by atoms with van der Waals surface area (Å²) in [6.45, 7) is 4.42. The molecule has 2 aromatic rings. The van der Waals surface area contributed by atoms with Gasteiger partial charge in [0.25, 0.3) is 0 Å². The fraction of sp³-hybridized carbons (Fsp3) is 0.444. The zero-order valence-electron chi connectivity index (χ0n) is 12.7. The number of halogens is 1. The van der Waals surface area contributed by atoms with Gasteiger partial charge < -0.3 is 5.32 Å². The minimum atomic E-state index is 0.445. The second kappa shape index (κ2) is 6.64. The Balaban J connectivity index is 1.80. The van der Waals surface area contributed by atoms with Crippen molar-refractivity contribution in [2.75, 3.05) is 0 Å². The lowest BCUT2D eigenvalue weighted by atomic mass is 9.92. The van der Waals surface area contributed by atoms with Gasteiger partial charge in [0.05, 0.1) is 3.79 Å². The quantitative estimate of drug-likeness (QED) is 0.708. The van der Waals surface area contributed by atoms with Crippen molar-refractivity contribution in [3.63, 3.8) is 0 Å². The van der Waals surface area contributed by atoms with E-state index >= 15 is 0 Å². The summed E-state index contributed by atoms with van der Waals surface area (Å²) in [7, 11) is 0. The van der Waals surface area contributed by atoms with Crippen LogP contribution in [0.4, 0.5) is 0 Å². The zero-order chi connectivity index (χ0) is 14.8. The molecule has 3 rings (SSSR count). The molecule has 0 bridgehead atoms. The summed E-state index contributed by atoms with van der Waals surface area (Å²) < 4.78 is 1.27. The third kappa shape index (κ3) is 3.41. The molecule has 1 heterocycles. The predicted octanol–water partition coefficient (Wildman–Crippen LogP) is 5.94. The summed E-state index contributed by atoms with van der Waals surface area (Å²) >= 11 is 5.55. The van der Waals surface area contributed by atoms with Crippen LogP contribution in [0.2, 0.25) is 0 Å². The van der Waals surface area contributed by atoms with Crippen molar-refractivity contribution in [3.05, 3.63) is 55.7 Å². The summed E-state index contributed by atoms with van der Waals surface area (Å²) in [4.78, 5) is 1.56. The Kier molecular flexibility index (Phi) is 4.82. The summed E-state index contributed by atoms with van der Waals surface area (Å²) in [5.74, 6) is 0. The first kappa shape index (κ1) is 15.3. The van der Waals surface area contributed by atoms with Crippen LogP contribution >= 0.6 is 27.3 Å². The molecule has 112 valence electrons. The maximum absolute atomic E-state index is 3.90. The van der Waals surface area contributed by atoms with Gasteiger partial charge in [-0.3, -0.25) is 0 Å². The third-order valence-corrected chi connectivity index (χ3v) is 6.09. The number of hydrogen-bond acceptors (Lipinski definition) is 2. The molecule has 1 aromatic carbocycles. The Morgan fingerprint density at radius 2 is 2.10 bits per heavy atom. The van der Waals surface area contributed by atoms with E-state index in [9.17, 15) is 0 Å². The van der Waals surface area contributed by atoms with E-state index in [0.717, 1.165) is 6.42 Å². The van der Waals surface area contributed by atoms with Gasteiger partial charge in [0.15, 0.2) is 0 Å². The van der Waals surface area contributed by atoms with Gasteiger partial charge >= 0.3 is 0 Å². The van der Waals surface area contributed by atoms with Gasteiger partial charge in [-0.2, -0.15) is 0 Å². The Morgan fingerprint density at radius 3 is 2.81 bits per heavy atom. The van der Waals surface area contributed by atoms with E-state index in [2.05, 4.69) is 65.4 Å². The maximum Gasteiger partial charge on any atom is 0.0704 e. The lowest BCUT2D eigenvalue weighted by Crippen LogP contribution is -2.28. The molecule has 0 saturated carbocycles. The first-order chi connectivity index (χ1) is 10.2. The molecule has 0 aliphatic heterocycles. The average molecular weight is 364 g/mol. The van der Waals surface area contributed by atoms with Crippen LogP contribution in [0.15, 0.2) is 34.1 Å². The van der Waals surface area contributed by atoms with Crippen molar-refractivity contribution in [2.45, 2.75) is 51.6 Å². The minimum Gasteiger partial charge on any atom is -0.303 e. The van der Waals surface area contributed by atoms with E-state index in [-0.39, 0.29) is 0 Å². The molecule has 0 spiro atoms. The molecule has 0 saturated heterocycles. The molecule has 0 amide bonds. The molecule has 3 heteroatoms. The van der Waals surface area contributed by atoms with Crippen LogP contribution in [0.5, 0.6) is 0 Å². The van der Waals surface area contributed by atoms with Crippen LogP contribution in [0.25, 0.3) is 0 Å². The highest BCUT2D eigenvalue weighted by Crippen LogP contribution is 2.39. The van der Waals surface area contributed by atoms with Crippen LogP contribution < -0.4 is 5.32 Å². The van der Waals surface area contributed by atoms with E-state index < -0.39 is 0 Å². The molecule has 1 nitrogen and oxygen atoms in total. The molecule has 1 aliphatic rings. The summed E-state index contributed by atoms with van der Waals surface area (Å²) in [6, 6.07) is 12.2. The van der Waals surface area contributed by atoms with Crippen LogP contribution in [-0.4, -0.2) is 0 Å². The molecule has 2 atom stereocenters. The molecule has 1 N–H and O–H groups in total. The molecule has 0 fully saturated rings. The lowest BCUT2D eigenvalue weighted by molar-refractivity contribution is 0.395. The first-order valence-electron chi connectivity index (χ1n) is 7.78. The SMILES string of the molecule is CCC(NC1CCCc2sc(Br)cc21)c1ccc(C)cc1. The monoisotopic (exact) mass is 363 g/mol. The third-order valence-electron chi connectivity index (χ3n) is 4.37. The Labute approximate surface area is 139 Å². The van der Waals surface area contributed by atoms with E-state index in [1.807, 2.05) is 11.3 Å². The summed E-state index contributed by atoms with van der Waals surface area (Å²) in [5.41, 5.74) is 4.25. The topological polar surface area (TPSA) is 12.0 Å². The molecule has 2 unspecified atom stereocenters. The van der Waals surface area contributed by atoms with Crippen LogP contribution in [0.1, 0.15) is 59.8 Å². The molecule has 0 radical (unpaired) electrons. The standard InChI is InChI=1S/C18H22BrNS/c1-3-15(13-9-7-12(2)8-10-13)20-16-5-4-6-17-14(16)11-18(19)21-17/h7-11,15-16,20H,3-6H2,1-2H3. The maximum atomic E-state index is 3.90. The van der Waals surface area contributed by atoms with Crippen LogP contribution in [0, 0.1) is 6.92 Å². The second-order valence-electron chi connectivity index (χ2n) is 5.91. The number of nitrogens with one attached hydrogen (secondary N) is 1. The first-order valence-corrected chi connectivity index (χ1v) is 9.39. The van der Waals surface area contributed by atoms with E-state index in [0.29, 0.717) is 12.1 Å². The fourth-order valence-electron chi connectivity index (χ4n) is 3.19. The van der Waals surface area contributed by atoms with Crippen LogP contribution in [-0.2, 0) is 6.42 Å². The van der Waals surface area contributed by atoms with Gasteiger partial charge in [-0.05, 0) is 65.7 Å². The molecule has 1 aliphatic carbocycles. The minimum absolute atomic E-state index is 0.445. The fourth-order valence-corrected chi connectivity index (χ4v) is 5.01. The van der Waals surface area contributed by atoms with Gasteiger partial charge in [-0.15, -0.1) is 11.3 Å². The second-order valence-corrected chi connectivity index (χ2v) is 8.43. The zero-order valence-corrected chi connectivity index (χ0v) is 15.1. The smallest absolute Gasteiger partial charge is 0.0704 e. The van der Waals surface area contributed by atoms with E-state index in [4.69, 9.17) is 0 Å². The van der Waals surface area contributed by atoms with Crippen molar-refractivity contribution in [1.29, 1.82) is 0 Å². The van der Waals surface area contributed by atoms with Gasteiger partial charge in [0, 0.05) is 17.0 Å². The van der Waals surface area contributed by atoms with Gasteiger partial charge in [-0.1, -0.05) is 36.8 Å². The van der Waals surface area contributed by atoms with Crippen LogP contribution in [0.3, 0.4) is 0 Å². The van der Waals surface area contributed by atoms with Gasteiger partial charge in [0.2, 0.25) is 0 Å². The Bertz CT molecular complexity index is 602. The van der Waals surface area contributed by atoms with Crippen molar-refractivity contribution >= 4 is 27.3 Å². The highest BCUT2D eigenvalue weighted by molar-refractivity contribution is 9.11. The Morgan fingerprint density at radius 1 is 1.33 bits per heavy atom. The van der Waals surface area contributed by atoms with Gasteiger partial charge in [-0.25, -0.2) is 0 Å². The van der Waals surface area contributed by atoms with E-state index in [1.165, 1.54) is 39.7 Å². The number of aryl methyl sites for hydroxylation is 2. The highest BCUT2D eigenvalue weighted by atomic mass is 79.9. The largest absolute Gasteiger partial charge is 0.303 e. The Hall–Kier alpha value is -0.640. The lowest BCUT2D eigenvalue weighted by Gasteiger charge is -2.29. The normalized spacial score (nSPS) is 19.3. The number of rotatable bonds is 4. The number of hydrogen-bond donors (Lipinski definition) is 1.